The van der Waals surface area contributed by atoms with Gasteiger partial charge in [0.15, 0.2) is 0 Å². The molecule has 2 rings (SSSR count). The van der Waals surface area contributed by atoms with E-state index in [2.05, 4.69) is 5.10 Å². The zero-order valence-electron chi connectivity index (χ0n) is 9.77. The SMILES string of the molecule is Cn1ncc(C(=O)O)c1-c1ccc(C(F)(F)F)cc1. The molecule has 2 aromatic rings. The van der Waals surface area contributed by atoms with Gasteiger partial charge in [-0.2, -0.15) is 18.3 Å². The fourth-order valence-corrected chi connectivity index (χ4v) is 1.75. The number of carboxylic acids is 1. The van der Waals surface area contributed by atoms with Crippen LogP contribution in [0.1, 0.15) is 15.9 Å². The summed E-state index contributed by atoms with van der Waals surface area (Å²) in [6, 6.07) is 4.28. The van der Waals surface area contributed by atoms with E-state index in [1.54, 1.807) is 0 Å². The second-order valence-corrected chi connectivity index (χ2v) is 3.91. The smallest absolute Gasteiger partial charge is 0.416 e. The number of nitrogens with zero attached hydrogens (tertiary/aromatic N) is 2. The normalized spacial score (nSPS) is 11.6. The van der Waals surface area contributed by atoms with E-state index in [9.17, 15) is 18.0 Å². The van der Waals surface area contributed by atoms with Crippen molar-refractivity contribution < 1.29 is 23.1 Å². The molecule has 0 saturated carbocycles. The van der Waals surface area contributed by atoms with Gasteiger partial charge < -0.3 is 5.11 Å². The molecule has 0 radical (unpaired) electrons. The molecule has 0 aliphatic heterocycles. The van der Waals surface area contributed by atoms with Gasteiger partial charge in [-0.3, -0.25) is 4.68 Å². The Labute approximate surface area is 106 Å². The number of alkyl halides is 3. The summed E-state index contributed by atoms with van der Waals surface area (Å²) in [6.07, 6.45) is -3.25. The number of carbonyl (C=O) groups is 1. The maximum atomic E-state index is 12.4. The molecule has 19 heavy (non-hydrogen) atoms. The number of aryl methyl sites for hydroxylation is 1. The highest BCUT2D eigenvalue weighted by molar-refractivity contribution is 5.94. The third kappa shape index (κ3) is 2.44. The molecule has 0 amide bonds. The van der Waals surface area contributed by atoms with Gasteiger partial charge in [-0.05, 0) is 12.1 Å². The van der Waals surface area contributed by atoms with E-state index in [4.69, 9.17) is 5.11 Å². The number of carboxylic acid groups (broad SMARTS) is 1. The third-order valence-corrected chi connectivity index (χ3v) is 2.65. The predicted octanol–water partition coefficient (Wildman–Crippen LogP) is 2.80. The second-order valence-electron chi connectivity index (χ2n) is 3.91. The molecule has 0 fully saturated rings. The molecule has 1 heterocycles. The second kappa shape index (κ2) is 4.42. The molecule has 0 unspecified atom stereocenters. The van der Waals surface area contributed by atoms with Crippen LogP contribution in [-0.4, -0.2) is 20.9 Å². The number of benzene rings is 1. The van der Waals surface area contributed by atoms with E-state index in [1.807, 2.05) is 0 Å². The molecule has 0 spiro atoms. The summed E-state index contributed by atoms with van der Waals surface area (Å²) in [6.45, 7) is 0. The monoisotopic (exact) mass is 270 g/mol. The molecule has 1 N–H and O–H groups in total. The van der Waals surface area contributed by atoms with Gasteiger partial charge in [0.25, 0.3) is 0 Å². The van der Waals surface area contributed by atoms with Gasteiger partial charge in [-0.25, -0.2) is 4.79 Å². The Bertz CT molecular complexity index is 615. The highest BCUT2D eigenvalue weighted by Crippen LogP contribution is 2.31. The molecule has 0 aliphatic carbocycles. The Morgan fingerprint density at radius 1 is 1.26 bits per heavy atom. The molecule has 0 atom stereocenters. The lowest BCUT2D eigenvalue weighted by Crippen LogP contribution is -2.05. The van der Waals surface area contributed by atoms with Crippen LogP contribution in [0, 0.1) is 0 Å². The van der Waals surface area contributed by atoms with Crippen LogP contribution in [0.25, 0.3) is 11.3 Å². The Balaban J connectivity index is 2.49. The molecule has 0 saturated heterocycles. The van der Waals surface area contributed by atoms with E-state index in [0.29, 0.717) is 5.56 Å². The summed E-state index contributed by atoms with van der Waals surface area (Å²) in [5, 5.41) is 12.8. The van der Waals surface area contributed by atoms with Crippen LogP contribution >= 0.6 is 0 Å². The van der Waals surface area contributed by atoms with Crippen LogP contribution < -0.4 is 0 Å². The number of aromatic carboxylic acids is 1. The fourth-order valence-electron chi connectivity index (χ4n) is 1.75. The minimum Gasteiger partial charge on any atom is -0.478 e. The van der Waals surface area contributed by atoms with Crippen molar-refractivity contribution in [2.75, 3.05) is 0 Å². The first-order valence-corrected chi connectivity index (χ1v) is 5.23. The van der Waals surface area contributed by atoms with Crippen LogP contribution in [0.3, 0.4) is 0 Å². The first-order chi connectivity index (χ1) is 8.80. The summed E-state index contributed by atoms with van der Waals surface area (Å²) >= 11 is 0. The minimum absolute atomic E-state index is 0.0535. The molecule has 0 aliphatic rings. The highest BCUT2D eigenvalue weighted by atomic mass is 19.4. The van der Waals surface area contributed by atoms with Crippen molar-refractivity contribution >= 4 is 5.97 Å². The number of hydrogen-bond acceptors (Lipinski definition) is 2. The maximum Gasteiger partial charge on any atom is 0.416 e. The third-order valence-electron chi connectivity index (χ3n) is 2.65. The molecule has 1 aromatic carbocycles. The van der Waals surface area contributed by atoms with Crippen molar-refractivity contribution in [1.29, 1.82) is 0 Å². The number of aromatic nitrogens is 2. The van der Waals surface area contributed by atoms with Gasteiger partial charge in [0, 0.05) is 12.6 Å². The highest BCUT2D eigenvalue weighted by Gasteiger charge is 2.30. The van der Waals surface area contributed by atoms with Gasteiger partial charge in [-0.1, -0.05) is 12.1 Å². The zero-order chi connectivity index (χ0) is 14.2. The Kier molecular flexibility index (Phi) is 3.05. The van der Waals surface area contributed by atoms with Crippen LogP contribution in [-0.2, 0) is 13.2 Å². The summed E-state index contributed by atoms with van der Waals surface area (Å²) in [7, 11) is 1.53. The van der Waals surface area contributed by atoms with E-state index in [1.165, 1.54) is 23.9 Å². The summed E-state index contributed by atoms with van der Waals surface area (Å²) in [4.78, 5) is 11.0. The first kappa shape index (κ1) is 13.1. The Morgan fingerprint density at radius 2 is 1.84 bits per heavy atom. The van der Waals surface area contributed by atoms with E-state index in [-0.39, 0.29) is 11.3 Å². The minimum atomic E-state index is -4.42. The zero-order valence-corrected chi connectivity index (χ0v) is 9.77. The van der Waals surface area contributed by atoms with Gasteiger partial charge >= 0.3 is 12.1 Å². The fraction of sp³-hybridized carbons (Fsp3) is 0.167. The average molecular weight is 270 g/mol. The first-order valence-electron chi connectivity index (χ1n) is 5.23. The lowest BCUT2D eigenvalue weighted by molar-refractivity contribution is -0.137. The van der Waals surface area contributed by atoms with Crippen molar-refractivity contribution in [2.45, 2.75) is 6.18 Å². The maximum absolute atomic E-state index is 12.4. The van der Waals surface area contributed by atoms with Crippen LogP contribution in [0.5, 0.6) is 0 Å². The Morgan fingerprint density at radius 3 is 2.32 bits per heavy atom. The lowest BCUT2D eigenvalue weighted by atomic mass is 10.1. The molecule has 7 heteroatoms. The van der Waals surface area contributed by atoms with Crippen molar-refractivity contribution in [3.05, 3.63) is 41.6 Å². The van der Waals surface area contributed by atoms with Crippen molar-refractivity contribution in [2.24, 2.45) is 7.05 Å². The average Bonchev–Trinajstić information content (AvgIpc) is 2.70. The van der Waals surface area contributed by atoms with Crippen molar-refractivity contribution in [3.8, 4) is 11.3 Å². The van der Waals surface area contributed by atoms with Crippen LogP contribution in [0.4, 0.5) is 13.2 Å². The van der Waals surface area contributed by atoms with Crippen molar-refractivity contribution in [1.82, 2.24) is 9.78 Å². The number of halogens is 3. The number of hydrogen-bond donors (Lipinski definition) is 1. The quantitative estimate of drug-likeness (QED) is 0.912. The van der Waals surface area contributed by atoms with Gasteiger partial charge in [-0.15, -0.1) is 0 Å². The summed E-state index contributed by atoms with van der Waals surface area (Å²) in [5.41, 5.74) is -0.204. The summed E-state index contributed by atoms with van der Waals surface area (Å²) < 4.78 is 38.6. The topological polar surface area (TPSA) is 55.1 Å². The van der Waals surface area contributed by atoms with Gasteiger partial charge in [0.1, 0.15) is 5.56 Å². The standard InChI is InChI=1S/C12H9F3N2O2/c1-17-10(9(6-16-17)11(18)19)7-2-4-8(5-3-7)12(13,14)15/h2-6H,1H3,(H,18,19). The molecular formula is C12H9F3N2O2. The van der Waals surface area contributed by atoms with E-state index >= 15 is 0 Å². The predicted molar refractivity (Wildman–Crippen MR) is 60.6 cm³/mol. The Hall–Kier alpha value is -2.31. The molecule has 4 nitrogen and oxygen atoms in total. The van der Waals surface area contributed by atoms with E-state index < -0.39 is 17.7 Å². The molecule has 100 valence electrons. The number of rotatable bonds is 2. The molecule has 0 bridgehead atoms. The van der Waals surface area contributed by atoms with Crippen LogP contribution in [0.15, 0.2) is 30.5 Å². The largest absolute Gasteiger partial charge is 0.478 e. The summed E-state index contributed by atoms with van der Waals surface area (Å²) in [5.74, 6) is -1.18. The van der Waals surface area contributed by atoms with Gasteiger partial charge in [0.2, 0.25) is 0 Å². The lowest BCUT2D eigenvalue weighted by Gasteiger charge is -2.08. The van der Waals surface area contributed by atoms with Gasteiger partial charge in [0.05, 0.1) is 17.5 Å². The van der Waals surface area contributed by atoms with Crippen molar-refractivity contribution in [3.63, 3.8) is 0 Å². The molecular weight excluding hydrogens is 261 g/mol. The molecule has 1 aromatic heterocycles. The van der Waals surface area contributed by atoms with Crippen LogP contribution in [0.2, 0.25) is 0 Å². The van der Waals surface area contributed by atoms with E-state index in [0.717, 1.165) is 18.3 Å².